The first-order valence-electron chi connectivity index (χ1n) is 11.8. The number of hydrogen-bond acceptors (Lipinski definition) is 0. The van der Waals surface area contributed by atoms with Gasteiger partial charge in [0.15, 0.2) is 0 Å². The summed E-state index contributed by atoms with van der Waals surface area (Å²) in [5.41, 5.74) is 12.9. The van der Waals surface area contributed by atoms with Gasteiger partial charge in [0.05, 0.1) is 0 Å². The Morgan fingerprint density at radius 1 is 0.265 bits per heavy atom. The maximum absolute atomic E-state index is 2.37. The summed E-state index contributed by atoms with van der Waals surface area (Å²) in [6.07, 6.45) is 0. The summed E-state index contributed by atoms with van der Waals surface area (Å²) in [5.74, 6) is 0. The number of benzene rings is 6. The van der Waals surface area contributed by atoms with Crippen LogP contribution in [0.5, 0.6) is 0 Å². The molecule has 0 nitrogen and oxygen atoms in total. The molecular formula is C34H22. The highest BCUT2D eigenvalue weighted by Gasteiger charge is 2.21. The Morgan fingerprint density at radius 3 is 1.62 bits per heavy atom. The summed E-state index contributed by atoms with van der Waals surface area (Å²) < 4.78 is 0. The van der Waals surface area contributed by atoms with Gasteiger partial charge in [0.1, 0.15) is 0 Å². The average molecular weight is 431 g/mol. The van der Waals surface area contributed by atoms with E-state index in [1.165, 1.54) is 66.4 Å². The van der Waals surface area contributed by atoms with E-state index in [2.05, 4.69) is 133 Å². The van der Waals surface area contributed by atoms with Crippen LogP contribution in [0.2, 0.25) is 0 Å². The molecule has 158 valence electrons. The number of fused-ring (bicyclic) bond motifs is 3. The lowest BCUT2D eigenvalue weighted by Gasteiger charge is -2.13. The summed E-state index contributed by atoms with van der Waals surface area (Å²) in [6.45, 7) is 0. The van der Waals surface area contributed by atoms with Gasteiger partial charge in [-0.15, -0.1) is 0 Å². The molecule has 1 aliphatic carbocycles. The molecule has 6 aromatic rings. The zero-order chi connectivity index (χ0) is 22.5. The van der Waals surface area contributed by atoms with E-state index in [4.69, 9.17) is 0 Å². The zero-order valence-corrected chi connectivity index (χ0v) is 18.7. The van der Waals surface area contributed by atoms with Crippen LogP contribution in [-0.2, 0) is 0 Å². The smallest absolute Gasteiger partial charge is 0.00259 e. The van der Waals surface area contributed by atoms with Gasteiger partial charge in [-0.05, 0) is 84.6 Å². The third kappa shape index (κ3) is 2.93. The second kappa shape index (κ2) is 7.57. The van der Waals surface area contributed by atoms with Gasteiger partial charge in [0, 0.05) is 0 Å². The molecule has 0 N–H and O–H groups in total. The highest BCUT2D eigenvalue weighted by Crippen LogP contribution is 2.48. The summed E-state index contributed by atoms with van der Waals surface area (Å²) in [6, 6.07) is 48.5. The lowest BCUT2D eigenvalue weighted by Crippen LogP contribution is -1.87. The molecule has 0 atom stereocenters. The van der Waals surface area contributed by atoms with Crippen molar-refractivity contribution in [2.24, 2.45) is 0 Å². The Morgan fingerprint density at radius 2 is 0.824 bits per heavy atom. The molecule has 34 heavy (non-hydrogen) atoms. The highest BCUT2D eigenvalue weighted by molar-refractivity contribution is 6.16. The molecule has 0 aromatic heterocycles. The van der Waals surface area contributed by atoms with Crippen molar-refractivity contribution >= 4 is 10.8 Å². The van der Waals surface area contributed by atoms with Gasteiger partial charge >= 0.3 is 0 Å². The van der Waals surface area contributed by atoms with E-state index in [1.54, 1.807) is 0 Å². The Bertz CT molecular complexity index is 1690. The molecule has 7 rings (SSSR count). The fourth-order valence-electron chi connectivity index (χ4n) is 5.45. The minimum Gasteiger partial charge on any atom is -0.0622 e. The Balaban J connectivity index is 1.40. The maximum Gasteiger partial charge on any atom is -0.00259 e. The number of rotatable bonds is 3. The SMILES string of the molecule is c1ccc(-c2ccccc2-c2cccc(-c3cc4c5c(cccc5c3)-c3ccccc3-4)c2)cc1. The van der Waals surface area contributed by atoms with Crippen LogP contribution in [-0.4, -0.2) is 0 Å². The summed E-state index contributed by atoms with van der Waals surface area (Å²) in [4.78, 5) is 0. The van der Waals surface area contributed by atoms with Crippen molar-refractivity contribution in [3.8, 4) is 55.6 Å². The van der Waals surface area contributed by atoms with E-state index in [9.17, 15) is 0 Å². The van der Waals surface area contributed by atoms with Crippen molar-refractivity contribution in [2.45, 2.75) is 0 Å². The molecule has 0 amide bonds. The molecule has 0 aliphatic heterocycles. The molecule has 0 heterocycles. The summed E-state index contributed by atoms with van der Waals surface area (Å²) >= 11 is 0. The van der Waals surface area contributed by atoms with Crippen LogP contribution in [0.3, 0.4) is 0 Å². The van der Waals surface area contributed by atoms with Crippen LogP contribution in [0.1, 0.15) is 0 Å². The van der Waals surface area contributed by atoms with Crippen LogP contribution >= 0.6 is 0 Å². The Hall–Kier alpha value is -4.42. The average Bonchev–Trinajstić information content (AvgIpc) is 3.24. The van der Waals surface area contributed by atoms with Crippen molar-refractivity contribution in [1.82, 2.24) is 0 Å². The zero-order valence-electron chi connectivity index (χ0n) is 18.7. The van der Waals surface area contributed by atoms with E-state index >= 15 is 0 Å². The van der Waals surface area contributed by atoms with Gasteiger partial charge < -0.3 is 0 Å². The molecule has 1 aliphatic rings. The normalized spacial score (nSPS) is 11.5. The topological polar surface area (TPSA) is 0 Å². The second-order valence-electron chi connectivity index (χ2n) is 8.97. The molecule has 0 unspecified atom stereocenters. The first-order chi connectivity index (χ1) is 16.9. The first-order valence-corrected chi connectivity index (χ1v) is 11.8. The van der Waals surface area contributed by atoms with Crippen molar-refractivity contribution in [2.75, 3.05) is 0 Å². The minimum atomic E-state index is 1.24. The third-order valence-corrected chi connectivity index (χ3v) is 7.00. The van der Waals surface area contributed by atoms with Gasteiger partial charge in [-0.3, -0.25) is 0 Å². The van der Waals surface area contributed by atoms with E-state index in [0.717, 1.165) is 0 Å². The highest BCUT2D eigenvalue weighted by atomic mass is 14.2. The van der Waals surface area contributed by atoms with Crippen LogP contribution < -0.4 is 0 Å². The summed E-state index contributed by atoms with van der Waals surface area (Å²) in [7, 11) is 0. The molecular weight excluding hydrogens is 408 g/mol. The van der Waals surface area contributed by atoms with Crippen LogP contribution in [0.25, 0.3) is 66.4 Å². The molecule has 6 aromatic carbocycles. The Labute approximate surface area is 199 Å². The van der Waals surface area contributed by atoms with Gasteiger partial charge in [0.2, 0.25) is 0 Å². The van der Waals surface area contributed by atoms with Gasteiger partial charge in [-0.1, -0.05) is 115 Å². The standard InChI is InChI=1S/C34H22/c1-2-10-23(11-3-1)28-15-4-5-16-29(28)25-13-8-12-24(20-25)27-21-26-14-9-19-32-30-17-6-7-18-31(30)33(22-27)34(26)32/h1-22H. The van der Waals surface area contributed by atoms with Crippen LogP contribution in [0, 0.1) is 0 Å². The molecule has 0 saturated carbocycles. The predicted molar refractivity (Wildman–Crippen MR) is 145 cm³/mol. The van der Waals surface area contributed by atoms with E-state index in [1.807, 2.05) is 0 Å². The molecule has 0 bridgehead atoms. The second-order valence-corrected chi connectivity index (χ2v) is 8.97. The van der Waals surface area contributed by atoms with Crippen molar-refractivity contribution < 1.29 is 0 Å². The predicted octanol–water partition coefficient (Wildman–Crippen LogP) is 9.49. The van der Waals surface area contributed by atoms with E-state index in [-0.39, 0.29) is 0 Å². The van der Waals surface area contributed by atoms with Gasteiger partial charge in [-0.2, -0.15) is 0 Å². The van der Waals surface area contributed by atoms with Gasteiger partial charge in [0.25, 0.3) is 0 Å². The van der Waals surface area contributed by atoms with Gasteiger partial charge in [-0.25, -0.2) is 0 Å². The molecule has 0 spiro atoms. The van der Waals surface area contributed by atoms with E-state index < -0.39 is 0 Å². The lowest BCUT2D eigenvalue weighted by atomic mass is 9.91. The maximum atomic E-state index is 2.37. The van der Waals surface area contributed by atoms with Crippen molar-refractivity contribution in [3.63, 3.8) is 0 Å². The van der Waals surface area contributed by atoms with Crippen molar-refractivity contribution in [1.29, 1.82) is 0 Å². The first kappa shape index (κ1) is 19.1. The fraction of sp³-hybridized carbons (Fsp3) is 0. The monoisotopic (exact) mass is 430 g/mol. The largest absolute Gasteiger partial charge is 0.0622 e. The number of hydrogen-bond donors (Lipinski definition) is 0. The van der Waals surface area contributed by atoms with Crippen molar-refractivity contribution in [3.05, 3.63) is 133 Å². The molecule has 0 heteroatoms. The third-order valence-electron chi connectivity index (χ3n) is 7.00. The van der Waals surface area contributed by atoms with E-state index in [0.29, 0.717) is 0 Å². The molecule has 0 saturated heterocycles. The summed E-state index contributed by atoms with van der Waals surface area (Å²) in [5, 5.41) is 2.68. The lowest BCUT2D eigenvalue weighted by molar-refractivity contribution is 1.57. The van der Waals surface area contributed by atoms with Crippen LogP contribution in [0.15, 0.2) is 133 Å². The van der Waals surface area contributed by atoms with Crippen LogP contribution in [0.4, 0.5) is 0 Å². The Kier molecular flexibility index (Phi) is 4.25. The fourth-order valence-corrected chi connectivity index (χ4v) is 5.45. The minimum absolute atomic E-state index is 1.24. The molecule has 0 radical (unpaired) electrons. The quantitative estimate of drug-likeness (QED) is 0.262. The molecule has 0 fully saturated rings.